The summed E-state index contributed by atoms with van der Waals surface area (Å²) in [7, 11) is 0. The zero-order chi connectivity index (χ0) is 24.4. The molecular formula is C28H19BrN2O4. The minimum absolute atomic E-state index is 0.0594. The maximum Gasteiger partial charge on any atom is 0.343 e. The first kappa shape index (κ1) is 22.6. The highest BCUT2D eigenvalue weighted by Crippen LogP contribution is 2.34. The number of fused-ring (bicyclic) bond motifs is 1. The molecule has 7 heteroatoms. The maximum atomic E-state index is 12.3. The number of aromatic nitrogens is 1. The van der Waals surface area contributed by atoms with E-state index in [-0.39, 0.29) is 5.75 Å². The van der Waals surface area contributed by atoms with Crippen LogP contribution in [-0.4, -0.2) is 22.3 Å². The number of hydrogen-bond acceptors (Lipinski definition) is 6. The summed E-state index contributed by atoms with van der Waals surface area (Å²) in [6.07, 6.45) is 1.69. The van der Waals surface area contributed by atoms with E-state index in [9.17, 15) is 9.90 Å². The summed E-state index contributed by atoms with van der Waals surface area (Å²) < 4.78 is 12.2. The fourth-order valence-corrected chi connectivity index (χ4v) is 3.71. The number of nitrogens with zero attached hydrogens (tertiary/aromatic N) is 2. The molecular weight excluding hydrogens is 508 g/mol. The topological polar surface area (TPSA) is 84.9 Å². The monoisotopic (exact) mass is 526 g/mol. The molecule has 0 aliphatic rings. The van der Waals surface area contributed by atoms with Crippen molar-refractivity contribution in [2.75, 3.05) is 0 Å². The van der Waals surface area contributed by atoms with Crippen molar-refractivity contribution in [3.63, 3.8) is 0 Å². The predicted molar refractivity (Wildman–Crippen MR) is 139 cm³/mol. The van der Waals surface area contributed by atoms with E-state index >= 15 is 0 Å². The largest absolute Gasteiger partial charge is 0.507 e. The number of halogens is 1. The van der Waals surface area contributed by atoms with Gasteiger partial charge in [0.1, 0.15) is 17.0 Å². The SMILES string of the molecule is Cc1ccc2nc(-c3cc(N=Cc4ccc(OC(=O)c5ccc(Br)cc5)cc4)ccc3O)oc2c1. The number of ether oxygens (including phenoxy) is 1. The molecule has 0 saturated heterocycles. The average Bonchev–Trinajstić information content (AvgIpc) is 3.27. The molecule has 0 saturated carbocycles. The number of esters is 1. The Bertz CT molecular complexity index is 1560. The molecule has 0 amide bonds. The second kappa shape index (κ2) is 9.56. The van der Waals surface area contributed by atoms with Crippen molar-refractivity contribution in [3.05, 3.63) is 106 Å². The first-order chi connectivity index (χ1) is 16.9. The van der Waals surface area contributed by atoms with E-state index in [4.69, 9.17) is 9.15 Å². The van der Waals surface area contributed by atoms with Crippen LogP contribution in [0.1, 0.15) is 21.5 Å². The van der Waals surface area contributed by atoms with Gasteiger partial charge in [-0.1, -0.05) is 22.0 Å². The molecule has 6 nitrogen and oxygen atoms in total. The van der Waals surface area contributed by atoms with Crippen LogP contribution in [0.15, 0.2) is 98.8 Å². The molecule has 0 aliphatic carbocycles. The summed E-state index contributed by atoms with van der Waals surface area (Å²) in [4.78, 5) is 21.3. The second-order valence-corrected chi connectivity index (χ2v) is 8.83. The van der Waals surface area contributed by atoms with Crippen LogP contribution in [0.25, 0.3) is 22.6 Å². The first-order valence-corrected chi connectivity index (χ1v) is 11.6. The van der Waals surface area contributed by atoms with Gasteiger partial charge in [-0.05, 0) is 96.9 Å². The van der Waals surface area contributed by atoms with Crippen LogP contribution < -0.4 is 4.74 Å². The lowest BCUT2D eigenvalue weighted by Gasteiger charge is -2.05. The molecule has 0 aliphatic heterocycles. The zero-order valence-corrected chi connectivity index (χ0v) is 20.2. The van der Waals surface area contributed by atoms with Crippen LogP contribution >= 0.6 is 15.9 Å². The number of phenolic OH excluding ortho intramolecular Hbond substituents is 1. The van der Waals surface area contributed by atoms with Gasteiger partial charge in [-0.2, -0.15) is 0 Å². The molecule has 1 aromatic heterocycles. The van der Waals surface area contributed by atoms with E-state index in [0.717, 1.165) is 21.1 Å². The van der Waals surface area contributed by atoms with Gasteiger partial charge in [-0.15, -0.1) is 0 Å². The van der Waals surface area contributed by atoms with Crippen molar-refractivity contribution in [1.29, 1.82) is 0 Å². The van der Waals surface area contributed by atoms with Crippen molar-refractivity contribution in [1.82, 2.24) is 4.98 Å². The Hall–Kier alpha value is -4.23. The first-order valence-electron chi connectivity index (χ1n) is 10.8. The molecule has 5 aromatic rings. The fraction of sp³-hybridized carbons (Fsp3) is 0.0357. The highest BCUT2D eigenvalue weighted by molar-refractivity contribution is 9.10. The lowest BCUT2D eigenvalue weighted by Crippen LogP contribution is -2.08. The molecule has 0 spiro atoms. The van der Waals surface area contributed by atoms with Crippen molar-refractivity contribution < 1.29 is 19.1 Å². The van der Waals surface area contributed by atoms with Crippen LogP contribution in [0, 0.1) is 6.92 Å². The minimum Gasteiger partial charge on any atom is -0.507 e. The van der Waals surface area contributed by atoms with Crippen LogP contribution in [0.5, 0.6) is 11.5 Å². The minimum atomic E-state index is -0.426. The lowest BCUT2D eigenvalue weighted by molar-refractivity contribution is 0.0734. The van der Waals surface area contributed by atoms with Gasteiger partial charge >= 0.3 is 5.97 Å². The van der Waals surface area contributed by atoms with Gasteiger partial charge in [-0.25, -0.2) is 9.78 Å². The molecule has 4 aromatic carbocycles. The number of rotatable bonds is 5. The number of oxazole rings is 1. The Morgan fingerprint density at radius 3 is 2.54 bits per heavy atom. The van der Waals surface area contributed by atoms with Gasteiger partial charge in [-0.3, -0.25) is 4.99 Å². The number of carbonyl (C=O) groups excluding carboxylic acids is 1. The normalized spacial score (nSPS) is 11.3. The van der Waals surface area contributed by atoms with Crippen molar-refractivity contribution >= 4 is 44.9 Å². The van der Waals surface area contributed by atoms with Crippen molar-refractivity contribution in [2.24, 2.45) is 4.99 Å². The Morgan fingerprint density at radius 2 is 1.77 bits per heavy atom. The average molecular weight is 527 g/mol. The van der Waals surface area contributed by atoms with Gasteiger partial charge in [0.15, 0.2) is 5.58 Å². The van der Waals surface area contributed by atoms with E-state index in [2.05, 4.69) is 25.9 Å². The highest BCUT2D eigenvalue weighted by Gasteiger charge is 2.13. The molecule has 0 atom stereocenters. The smallest absolute Gasteiger partial charge is 0.343 e. The lowest BCUT2D eigenvalue weighted by atomic mass is 10.1. The van der Waals surface area contributed by atoms with E-state index < -0.39 is 5.97 Å². The number of phenols is 1. The maximum absolute atomic E-state index is 12.3. The molecule has 5 rings (SSSR count). The molecule has 172 valence electrons. The number of benzene rings is 4. The summed E-state index contributed by atoms with van der Waals surface area (Å²) >= 11 is 3.34. The Balaban J connectivity index is 1.31. The van der Waals surface area contributed by atoms with E-state index in [0.29, 0.717) is 34.0 Å². The van der Waals surface area contributed by atoms with Crippen molar-refractivity contribution in [3.8, 4) is 23.0 Å². The van der Waals surface area contributed by atoms with E-state index in [1.54, 1.807) is 72.9 Å². The number of aryl methyl sites for hydroxylation is 1. The quantitative estimate of drug-likeness (QED) is 0.148. The molecule has 0 unspecified atom stereocenters. The number of hydrogen-bond donors (Lipinski definition) is 1. The van der Waals surface area contributed by atoms with Crippen molar-refractivity contribution in [2.45, 2.75) is 6.92 Å². The molecule has 1 heterocycles. The Kier molecular flexibility index (Phi) is 6.16. The number of aromatic hydroxyl groups is 1. The summed E-state index contributed by atoms with van der Waals surface area (Å²) in [6, 6.07) is 24.7. The molecule has 35 heavy (non-hydrogen) atoms. The van der Waals surface area contributed by atoms with Gasteiger partial charge in [0.2, 0.25) is 5.89 Å². The zero-order valence-electron chi connectivity index (χ0n) is 18.6. The number of aliphatic imine (C=N–C) groups is 1. The molecule has 0 fully saturated rings. The van der Waals surface area contributed by atoms with Crippen LogP contribution in [0.4, 0.5) is 5.69 Å². The van der Waals surface area contributed by atoms with Gasteiger partial charge in [0.25, 0.3) is 0 Å². The summed E-state index contributed by atoms with van der Waals surface area (Å²) in [5.74, 6) is 0.402. The highest BCUT2D eigenvalue weighted by atomic mass is 79.9. The summed E-state index contributed by atoms with van der Waals surface area (Å²) in [6.45, 7) is 1.98. The third kappa shape index (κ3) is 5.15. The standard InChI is InChI=1S/C28H19BrN2O4/c1-17-2-12-24-26(14-17)35-27(31-24)23-15-21(9-13-25(23)32)30-16-18-3-10-22(11-4-18)34-28(33)19-5-7-20(29)8-6-19/h2-16,32H,1H3. The Labute approximate surface area is 209 Å². The third-order valence-electron chi connectivity index (χ3n) is 5.29. The van der Waals surface area contributed by atoms with E-state index in [1.807, 2.05) is 25.1 Å². The Morgan fingerprint density at radius 1 is 1.00 bits per heavy atom. The van der Waals surface area contributed by atoms with Crippen LogP contribution in [0.3, 0.4) is 0 Å². The second-order valence-electron chi connectivity index (χ2n) is 7.92. The predicted octanol–water partition coefficient (Wildman–Crippen LogP) is 7.24. The molecule has 0 bridgehead atoms. The summed E-state index contributed by atoms with van der Waals surface area (Å²) in [5.41, 5.74) is 4.83. The van der Waals surface area contributed by atoms with E-state index in [1.165, 1.54) is 0 Å². The van der Waals surface area contributed by atoms with Gasteiger partial charge in [0.05, 0.1) is 16.8 Å². The van der Waals surface area contributed by atoms with Gasteiger partial charge < -0.3 is 14.3 Å². The molecule has 0 radical (unpaired) electrons. The van der Waals surface area contributed by atoms with Gasteiger partial charge in [0, 0.05) is 10.7 Å². The summed E-state index contributed by atoms with van der Waals surface area (Å²) in [5, 5.41) is 10.4. The third-order valence-corrected chi connectivity index (χ3v) is 5.82. The molecule has 1 N–H and O–H groups in total. The fourth-order valence-electron chi connectivity index (χ4n) is 3.45. The number of carbonyl (C=O) groups is 1. The van der Waals surface area contributed by atoms with Crippen LogP contribution in [0.2, 0.25) is 0 Å². The van der Waals surface area contributed by atoms with Crippen LogP contribution in [-0.2, 0) is 0 Å².